The van der Waals surface area contributed by atoms with Gasteiger partial charge in [-0.05, 0) is 24.8 Å². The molecule has 0 fully saturated rings. The lowest BCUT2D eigenvalue weighted by Gasteiger charge is -2.21. The average Bonchev–Trinajstić information content (AvgIpc) is 2.72. The van der Waals surface area contributed by atoms with Crippen molar-refractivity contribution in [3.63, 3.8) is 0 Å². The second kappa shape index (κ2) is 12.8. The molecule has 0 bridgehead atoms. The van der Waals surface area contributed by atoms with Gasteiger partial charge in [0.2, 0.25) is 11.8 Å². The van der Waals surface area contributed by atoms with Crippen molar-refractivity contribution >= 4 is 17.8 Å². The number of ether oxygens (including phenoxy) is 1. The molecule has 2 atom stereocenters. The van der Waals surface area contributed by atoms with E-state index in [2.05, 4.69) is 17.6 Å². The van der Waals surface area contributed by atoms with Crippen molar-refractivity contribution in [2.45, 2.75) is 57.9 Å². The number of unbranched alkanes of at least 4 members (excludes halogenated alkanes) is 2. The highest BCUT2D eigenvalue weighted by atomic mass is 16.5. The van der Waals surface area contributed by atoms with Crippen molar-refractivity contribution in [2.75, 3.05) is 13.2 Å². The largest absolute Gasteiger partial charge is 0.463 e. The molecule has 1 heterocycles. The molecule has 0 spiro atoms. The smallest absolute Gasteiger partial charge is 0.309 e. The molecule has 1 aliphatic heterocycles. The van der Waals surface area contributed by atoms with E-state index in [1.54, 1.807) is 0 Å². The van der Waals surface area contributed by atoms with E-state index >= 15 is 0 Å². The Hall–Kier alpha value is -2.63. The molecular formula is C23H32N2O4. The van der Waals surface area contributed by atoms with Gasteiger partial charge in [-0.15, -0.1) is 0 Å². The fraction of sp³-hybridized carbons (Fsp3) is 0.522. The van der Waals surface area contributed by atoms with E-state index in [9.17, 15) is 14.4 Å². The van der Waals surface area contributed by atoms with Crippen LogP contribution >= 0.6 is 0 Å². The fourth-order valence-corrected chi connectivity index (χ4v) is 3.21. The predicted octanol–water partition coefficient (Wildman–Crippen LogP) is 3.44. The number of allylic oxidation sites excluding steroid dienone is 2. The van der Waals surface area contributed by atoms with Gasteiger partial charge in [0, 0.05) is 19.4 Å². The van der Waals surface area contributed by atoms with Crippen LogP contribution in [0.15, 0.2) is 42.5 Å². The molecule has 158 valence electrons. The van der Waals surface area contributed by atoms with Crippen LogP contribution in [0.25, 0.3) is 0 Å². The Morgan fingerprint density at radius 2 is 1.97 bits per heavy atom. The summed E-state index contributed by atoms with van der Waals surface area (Å²) < 4.78 is 5.52. The van der Waals surface area contributed by atoms with E-state index in [1.165, 1.54) is 0 Å². The maximum absolute atomic E-state index is 12.7. The SMILES string of the molecule is CCCCCNC(=O)C[C@@H]1C/C=C/CCC(=O)N[C@H](c2ccccc2)COC1=O. The minimum Gasteiger partial charge on any atom is -0.463 e. The topological polar surface area (TPSA) is 84.5 Å². The maximum atomic E-state index is 12.7. The predicted molar refractivity (Wildman–Crippen MR) is 112 cm³/mol. The first-order valence-corrected chi connectivity index (χ1v) is 10.5. The molecule has 0 unspecified atom stereocenters. The summed E-state index contributed by atoms with van der Waals surface area (Å²) in [4.78, 5) is 37.1. The van der Waals surface area contributed by atoms with E-state index in [0.717, 1.165) is 24.8 Å². The van der Waals surface area contributed by atoms with Gasteiger partial charge in [0.1, 0.15) is 6.61 Å². The van der Waals surface area contributed by atoms with Crippen LogP contribution in [0.5, 0.6) is 0 Å². The molecule has 1 aromatic carbocycles. The van der Waals surface area contributed by atoms with Gasteiger partial charge in [-0.3, -0.25) is 14.4 Å². The van der Waals surface area contributed by atoms with Crippen molar-refractivity contribution < 1.29 is 19.1 Å². The van der Waals surface area contributed by atoms with Gasteiger partial charge in [-0.25, -0.2) is 0 Å². The third kappa shape index (κ3) is 8.50. The number of cyclic esters (lactones) is 1. The number of amides is 2. The Bertz CT molecular complexity index is 687. The lowest BCUT2D eigenvalue weighted by molar-refractivity contribution is -0.151. The number of carbonyl (C=O) groups excluding carboxylic acids is 3. The molecule has 0 saturated heterocycles. The molecule has 1 aliphatic rings. The third-order valence-electron chi connectivity index (χ3n) is 4.92. The van der Waals surface area contributed by atoms with Gasteiger partial charge >= 0.3 is 5.97 Å². The van der Waals surface area contributed by atoms with Crippen LogP contribution in [-0.4, -0.2) is 30.9 Å². The van der Waals surface area contributed by atoms with Crippen molar-refractivity contribution in [3.05, 3.63) is 48.0 Å². The van der Waals surface area contributed by atoms with E-state index in [0.29, 0.717) is 25.8 Å². The minimum atomic E-state index is -0.524. The number of carbonyl (C=O) groups is 3. The number of nitrogens with one attached hydrogen (secondary N) is 2. The normalized spacial score (nSPS) is 21.8. The highest BCUT2D eigenvalue weighted by Gasteiger charge is 2.25. The molecule has 0 radical (unpaired) electrons. The van der Waals surface area contributed by atoms with Crippen LogP contribution in [0.2, 0.25) is 0 Å². The van der Waals surface area contributed by atoms with Gasteiger partial charge in [0.25, 0.3) is 0 Å². The van der Waals surface area contributed by atoms with Crippen molar-refractivity contribution in [1.29, 1.82) is 0 Å². The summed E-state index contributed by atoms with van der Waals surface area (Å²) in [7, 11) is 0. The molecule has 6 nitrogen and oxygen atoms in total. The average molecular weight is 401 g/mol. The Labute approximate surface area is 173 Å². The van der Waals surface area contributed by atoms with Crippen LogP contribution < -0.4 is 10.6 Å². The van der Waals surface area contributed by atoms with E-state index in [1.807, 2.05) is 42.5 Å². The third-order valence-corrected chi connectivity index (χ3v) is 4.92. The van der Waals surface area contributed by atoms with E-state index < -0.39 is 17.9 Å². The van der Waals surface area contributed by atoms with Crippen LogP contribution in [0, 0.1) is 5.92 Å². The Morgan fingerprint density at radius 3 is 2.72 bits per heavy atom. The zero-order chi connectivity index (χ0) is 20.9. The lowest BCUT2D eigenvalue weighted by Crippen LogP contribution is -2.34. The van der Waals surface area contributed by atoms with Crippen molar-refractivity contribution in [2.24, 2.45) is 5.92 Å². The van der Waals surface area contributed by atoms with Crippen LogP contribution in [-0.2, 0) is 19.1 Å². The lowest BCUT2D eigenvalue weighted by atomic mass is 10.00. The van der Waals surface area contributed by atoms with E-state index in [4.69, 9.17) is 4.74 Å². The minimum absolute atomic E-state index is 0.0485. The molecule has 29 heavy (non-hydrogen) atoms. The highest BCUT2D eigenvalue weighted by Crippen LogP contribution is 2.18. The first-order chi connectivity index (χ1) is 14.1. The van der Waals surface area contributed by atoms with Gasteiger partial charge in [-0.2, -0.15) is 0 Å². The first kappa shape index (κ1) is 22.7. The number of benzene rings is 1. The molecule has 1 aromatic rings. The van der Waals surface area contributed by atoms with Gasteiger partial charge < -0.3 is 15.4 Å². The number of hydrogen-bond acceptors (Lipinski definition) is 4. The van der Waals surface area contributed by atoms with Gasteiger partial charge in [0.05, 0.1) is 12.0 Å². The second-order valence-electron chi connectivity index (χ2n) is 7.36. The number of hydrogen-bond donors (Lipinski definition) is 2. The summed E-state index contributed by atoms with van der Waals surface area (Å²) in [5.41, 5.74) is 0.881. The molecular weight excluding hydrogens is 368 g/mol. The number of rotatable bonds is 7. The van der Waals surface area contributed by atoms with E-state index in [-0.39, 0.29) is 24.8 Å². The standard InChI is InChI=1S/C23H32N2O4/c1-2-3-10-15-24-22(27)16-19-13-8-5-9-14-21(26)25-20(17-29-23(19)28)18-11-6-4-7-12-18/h4-8,11-12,19-20H,2-3,9-10,13-17H2,1H3,(H,24,27)(H,25,26)/b8-5+/t19-,20-/m0/s1. The highest BCUT2D eigenvalue weighted by molar-refractivity contribution is 5.83. The second-order valence-corrected chi connectivity index (χ2v) is 7.36. The maximum Gasteiger partial charge on any atom is 0.309 e. The summed E-state index contributed by atoms with van der Waals surface area (Å²) >= 11 is 0. The Kier molecular flexibility index (Phi) is 9.96. The summed E-state index contributed by atoms with van der Waals surface area (Å²) in [6, 6.07) is 9.05. The van der Waals surface area contributed by atoms with Crippen molar-refractivity contribution in [3.8, 4) is 0 Å². The Balaban J connectivity index is 2.01. The van der Waals surface area contributed by atoms with Gasteiger partial charge in [0.15, 0.2) is 0 Å². The molecule has 0 saturated carbocycles. The fourth-order valence-electron chi connectivity index (χ4n) is 3.21. The zero-order valence-corrected chi connectivity index (χ0v) is 17.2. The van der Waals surface area contributed by atoms with Gasteiger partial charge in [-0.1, -0.05) is 62.2 Å². The number of esters is 1. The molecule has 0 aliphatic carbocycles. The van der Waals surface area contributed by atoms with Crippen molar-refractivity contribution in [1.82, 2.24) is 10.6 Å². The molecule has 2 amide bonds. The zero-order valence-electron chi connectivity index (χ0n) is 17.2. The summed E-state index contributed by atoms with van der Waals surface area (Å²) in [5.74, 6) is -1.14. The van der Waals surface area contributed by atoms with Crippen LogP contribution in [0.3, 0.4) is 0 Å². The Morgan fingerprint density at radius 1 is 1.17 bits per heavy atom. The molecule has 2 rings (SSSR count). The molecule has 2 N–H and O–H groups in total. The van der Waals surface area contributed by atoms with Crippen LogP contribution in [0.4, 0.5) is 0 Å². The molecule has 6 heteroatoms. The molecule has 0 aromatic heterocycles. The quantitative estimate of drug-likeness (QED) is 0.417. The summed E-state index contributed by atoms with van der Waals surface area (Å²) in [5, 5.41) is 5.82. The summed E-state index contributed by atoms with van der Waals surface area (Å²) in [6.45, 7) is 2.79. The van der Waals surface area contributed by atoms with Crippen LogP contribution in [0.1, 0.15) is 63.5 Å². The summed E-state index contributed by atoms with van der Waals surface area (Å²) in [6.07, 6.45) is 8.36. The first-order valence-electron chi connectivity index (χ1n) is 10.5. The monoisotopic (exact) mass is 400 g/mol.